The number of oxime groups is 1. The summed E-state index contributed by atoms with van der Waals surface area (Å²) in [7, 11) is 0. The Kier molecular flexibility index (Phi) is 7.85. The average Bonchev–Trinajstić information content (AvgIpc) is 3.27. The maximum Gasteiger partial charge on any atom is 0.353 e. The monoisotopic (exact) mass is 471 g/mol. The third-order valence-electron chi connectivity index (χ3n) is 5.21. The maximum absolute atomic E-state index is 11.4. The van der Waals surface area contributed by atoms with Crippen LogP contribution in [0.5, 0.6) is 5.75 Å². The van der Waals surface area contributed by atoms with Crippen molar-refractivity contribution in [1.82, 2.24) is 9.97 Å². The van der Waals surface area contributed by atoms with E-state index in [0.29, 0.717) is 23.8 Å². The molecule has 8 nitrogen and oxygen atoms in total. The van der Waals surface area contributed by atoms with Crippen LogP contribution in [0.2, 0.25) is 0 Å². The van der Waals surface area contributed by atoms with E-state index >= 15 is 0 Å². The number of carboxylic acid groups (broad SMARTS) is 1. The van der Waals surface area contributed by atoms with Crippen LogP contribution in [-0.4, -0.2) is 26.8 Å². The Hall–Kier alpha value is -4.46. The lowest BCUT2D eigenvalue weighted by Crippen LogP contribution is -2.15. The van der Waals surface area contributed by atoms with Crippen LogP contribution in [0.1, 0.15) is 29.1 Å². The van der Waals surface area contributed by atoms with Gasteiger partial charge in [0.05, 0.1) is 0 Å². The molecule has 2 heterocycles. The van der Waals surface area contributed by atoms with Crippen molar-refractivity contribution in [2.24, 2.45) is 5.16 Å². The Labute approximate surface area is 202 Å². The van der Waals surface area contributed by atoms with Crippen molar-refractivity contribution in [3.05, 3.63) is 102 Å². The summed E-state index contributed by atoms with van der Waals surface area (Å²) in [5, 5.41) is 13.2. The largest absolute Gasteiger partial charge is 0.487 e. The zero-order chi connectivity index (χ0) is 24.5. The number of oxazole rings is 1. The number of aliphatic carboxylic acids is 1. The summed E-state index contributed by atoms with van der Waals surface area (Å²) in [6, 6.07) is 22.5. The molecule has 0 amide bonds. The topological polar surface area (TPSA) is 107 Å². The molecule has 178 valence electrons. The predicted molar refractivity (Wildman–Crippen MR) is 130 cm³/mol. The van der Waals surface area contributed by atoms with Crippen LogP contribution in [0.15, 0.2) is 88.6 Å². The third-order valence-corrected chi connectivity index (χ3v) is 5.21. The number of ether oxygens (including phenoxy) is 1. The van der Waals surface area contributed by atoms with Crippen LogP contribution in [0.4, 0.5) is 0 Å². The highest BCUT2D eigenvalue weighted by molar-refractivity contribution is 6.35. The first-order chi connectivity index (χ1) is 17.1. The Bertz CT molecular complexity index is 1270. The maximum atomic E-state index is 11.4. The minimum Gasteiger partial charge on any atom is -0.487 e. The van der Waals surface area contributed by atoms with Gasteiger partial charge < -0.3 is 19.1 Å². The zero-order valence-corrected chi connectivity index (χ0v) is 19.3. The van der Waals surface area contributed by atoms with Gasteiger partial charge in [0.25, 0.3) is 0 Å². The van der Waals surface area contributed by atoms with Gasteiger partial charge in [0.2, 0.25) is 5.89 Å². The molecule has 0 bridgehead atoms. The lowest BCUT2D eigenvalue weighted by Gasteiger charge is -2.06. The molecule has 4 aromatic rings. The van der Waals surface area contributed by atoms with E-state index in [1.807, 2.05) is 79.7 Å². The van der Waals surface area contributed by atoms with E-state index in [0.717, 1.165) is 22.5 Å². The highest BCUT2D eigenvalue weighted by atomic mass is 16.6. The summed E-state index contributed by atoms with van der Waals surface area (Å²) < 4.78 is 11.6. The van der Waals surface area contributed by atoms with E-state index in [9.17, 15) is 9.90 Å². The van der Waals surface area contributed by atoms with Gasteiger partial charge in [-0.15, -0.1) is 0 Å². The fourth-order valence-electron chi connectivity index (χ4n) is 3.27. The Balaban J connectivity index is 1.28. The summed E-state index contributed by atoms with van der Waals surface area (Å²) in [5.74, 6) is 0.838. The van der Waals surface area contributed by atoms with Crippen molar-refractivity contribution < 1.29 is 23.9 Å². The molecule has 8 heteroatoms. The number of carboxylic acids is 1. The van der Waals surface area contributed by atoms with E-state index in [1.54, 1.807) is 6.20 Å². The highest BCUT2D eigenvalue weighted by Gasteiger charge is 2.13. The van der Waals surface area contributed by atoms with E-state index in [-0.39, 0.29) is 25.3 Å². The lowest BCUT2D eigenvalue weighted by molar-refractivity contribution is -0.129. The molecule has 0 atom stereocenters. The van der Waals surface area contributed by atoms with Gasteiger partial charge in [0.15, 0.2) is 5.71 Å². The molecule has 2 aromatic heterocycles. The lowest BCUT2D eigenvalue weighted by atomic mass is 10.1. The number of carbonyl (C=O) groups is 1. The van der Waals surface area contributed by atoms with Crippen LogP contribution in [-0.2, 0) is 29.3 Å². The molecule has 4 rings (SSSR count). The van der Waals surface area contributed by atoms with E-state index in [4.69, 9.17) is 14.0 Å². The Morgan fingerprint density at radius 2 is 1.77 bits per heavy atom. The second-order valence-corrected chi connectivity index (χ2v) is 7.76. The minimum absolute atomic E-state index is 0.0477. The number of pyridine rings is 1. The van der Waals surface area contributed by atoms with Crippen molar-refractivity contribution >= 4 is 11.7 Å². The molecule has 0 aliphatic carbocycles. The minimum atomic E-state index is -1.11. The summed E-state index contributed by atoms with van der Waals surface area (Å²) in [5.41, 5.74) is 3.23. The van der Waals surface area contributed by atoms with E-state index in [2.05, 4.69) is 15.1 Å². The first kappa shape index (κ1) is 23.7. The van der Waals surface area contributed by atoms with E-state index in [1.165, 1.54) is 0 Å². The first-order valence-electron chi connectivity index (χ1n) is 11.1. The number of benzene rings is 2. The van der Waals surface area contributed by atoms with Crippen molar-refractivity contribution in [3.63, 3.8) is 0 Å². The molecule has 0 unspecified atom stereocenters. The van der Waals surface area contributed by atoms with Gasteiger partial charge in [0.1, 0.15) is 30.4 Å². The molecular weight excluding hydrogens is 446 g/mol. The molecule has 35 heavy (non-hydrogen) atoms. The molecule has 0 saturated carbocycles. The van der Waals surface area contributed by atoms with Gasteiger partial charge in [0, 0.05) is 23.9 Å². The van der Waals surface area contributed by atoms with Gasteiger partial charge >= 0.3 is 5.97 Å². The molecule has 0 fully saturated rings. The quantitative estimate of drug-likeness (QED) is 0.236. The van der Waals surface area contributed by atoms with Crippen LogP contribution < -0.4 is 4.74 Å². The first-order valence-corrected chi connectivity index (χ1v) is 11.1. The highest BCUT2D eigenvalue weighted by Crippen LogP contribution is 2.23. The Morgan fingerprint density at radius 3 is 2.49 bits per heavy atom. The summed E-state index contributed by atoms with van der Waals surface area (Å²) in [4.78, 5) is 25.5. The summed E-state index contributed by atoms with van der Waals surface area (Å²) in [6.07, 6.45) is 2.37. The van der Waals surface area contributed by atoms with E-state index < -0.39 is 5.97 Å². The smallest absolute Gasteiger partial charge is 0.353 e. The van der Waals surface area contributed by atoms with Crippen LogP contribution in [0.3, 0.4) is 0 Å². The second kappa shape index (κ2) is 11.6. The Morgan fingerprint density at radius 1 is 1.00 bits per heavy atom. The summed E-state index contributed by atoms with van der Waals surface area (Å²) >= 11 is 0. The molecule has 0 aliphatic heterocycles. The van der Waals surface area contributed by atoms with Crippen molar-refractivity contribution in [2.75, 3.05) is 0 Å². The molecule has 0 saturated heterocycles. The van der Waals surface area contributed by atoms with Crippen molar-refractivity contribution in [1.29, 1.82) is 0 Å². The van der Waals surface area contributed by atoms with Gasteiger partial charge in [-0.3, -0.25) is 4.98 Å². The SMILES string of the molecule is Cc1oc(-c2ccccc2)nc1COc1ccc(CON=C(CCc2ccccn2)C(=O)O)cc1. The second-order valence-electron chi connectivity index (χ2n) is 7.76. The normalized spacial score (nSPS) is 11.3. The standard InChI is InChI=1S/C27H25N3O5/c1-19-25(29-26(35-19)21-7-3-2-4-8-21)18-33-23-13-10-20(11-14-23)17-34-30-24(27(31)32)15-12-22-9-5-6-16-28-22/h2-11,13-14,16H,12,15,17-18H2,1H3,(H,31,32). The number of hydrogen-bond acceptors (Lipinski definition) is 7. The number of nitrogens with zero attached hydrogens (tertiary/aromatic N) is 3. The molecule has 2 aromatic carbocycles. The van der Waals surface area contributed by atoms with Gasteiger partial charge in [-0.2, -0.15) is 0 Å². The number of aromatic nitrogens is 2. The molecular formula is C27H25N3O5. The average molecular weight is 472 g/mol. The van der Waals surface area contributed by atoms with Gasteiger partial charge in [-0.25, -0.2) is 9.78 Å². The number of hydrogen-bond donors (Lipinski definition) is 1. The predicted octanol–water partition coefficient (Wildman–Crippen LogP) is 5.21. The van der Waals surface area contributed by atoms with Crippen LogP contribution in [0.25, 0.3) is 11.5 Å². The van der Waals surface area contributed by atoms with Crippen LogP contribution in [0, 0.1) is 6.92 Å². The summed E-state index contributed by atoms with van der Waals surface area (Å²) in [6.45, 7) is 2.28. The number of rotatable bonds is 11. The molecule has 0 aliphatic rings. The molecule has 0 radical (unpaired) electrons. The fraction of sp³-hybridized carbons (Fsp3) is 0.185. The number of aryl methyl sites for hydroxylation is 2. The fourth-order valence-corrected chi connectivity index (χ4v) is 3.27. The third kappa shape index (κ3) is 6.77. The van der Waals surface area contributed by atoms with Crippen molar-refractivity contribution in [3.8, 4) is 17.2 Å². The van der Waals surface area contributed by atoms with Gasteiger partial charge in [-0.1, -0.05) is 41.6 Å². The van der Waals surface area contributed by atoms with Gasteiger partial charge in [-0.05, 0) is 55.3 Å². The molecule has 0 spiro atoms. The zero-order valence-electron chi connectivity index (χ0n) is 19.3. The van der Waals surface area contributed by atoms with Crippen molar-refractivity contribution in [2.45, 2.75) is 33.0 Å². The molecule has 1 N–H and O–H groups in total. The van der Waals surface area contributed by atoms with Crippen LogP contribution >= 0.6 is 0 Å².